The summed E-state index contributed by atoms with van der Waals surface area (Å²) in [4.78, 5) is 0. The zero-order valence-corrected chi connectivity index (χ0v) is 13.1. The highest BCUT2D eigenvalue weighted by molar-refractivity contribution is 7.86. The summed E-state index contributed by atoms with van der Waals surface area (Å²) in [5, 5.41) is 0. The predicted molar refractivity (Wildman–Crippen MR) is 78.6 cm³/mol. The number of nitrogens with zero attached hydrogens (tertiary/aromatic N) is 2. The van der Waals surface area contributed by atoms with E-state index in [1.165, 1.54) is 0 Å². The molecule has 1 unspecified atom stereocenters. The zero-order chi connectivity index (χ0) is 13.7. The molecule has 2 heterocycles. The lowest BCUT2D eigenvalue weighted by atomic mass is 10.0. The molecule has 2 fully saturated rings. The maximum atomic E-state index is 12.8. The van der Waals surface area contributed by atoms with Crippen LogP contribution in [0.2, 0.25) is 0 Å². The molecule has 0 aromatic rings. The van der Waals surface area contributed by atoms with Gasteiger partial charge in [0, 0.05) is 31.6 Å². The molecule has 4 nitrogen and oxygen atoms in total. The lowest BCUT2D eigenvalue weighted by Gasteiger charge is -2.37. The predicted octanol–water partition coefficient (Wildman–Crippen LogP) is 2.59. The van der Waals surface area contributed by atoms with Gasteiger partial charge in [0.25, 0.3) is 10.2 Å². The molecule has 0 bridgehead atoms. The monoisotopic (exact) mass is 308 g/mol. The number of alkyl halides is 1. The smallest absolute Gasteiger partial charge is 0.195 e. The van der Waals surface area contributed by atoms with Crippen molar-refractivity contribution in [2.75, 3.05) is 25.5 Å². The van der Waals surface area contributed by atoms with Crippen LogP contribution in [0, 0.1) is 0 Å². The molecule has 112 valence electrons. The van der Waals surface area contributed by atoms with E-state index in [1.54, 1.807) is 8.61 Å². The van der Waals surface area contributed by atoms with Crippen LogP contribution in [0.4, 0.5) is 0 Å². The van der Waals surface area contributed by atoms with Gasteiger partial charge in [0.05, 0.1) is 0 Å². The van der Waals surface area contributed by atoms with Crippen LogP contribution in [0.3, 0.4) is 0 Å². The first-order chi connectivity index (χ1) is 9.16. The van der Waals surface area contributed by atoms with E-state index < -0.39 is 10.2 Å². The maximum absolute atomic E-state index is 12.8. The molecule has 2 saturated heterocycles. The Morgan fingerprint density at radius 2 is 1.58 bits per heavy atom. The van der Waals surface area contributed by atoms with Crippen molar-refractivity contribution in [2.24, 2.45) is 0 Å². The summed E-state index contributed by atoms with van der Waals surface area (Å²) in [6.07, 6.45) is 8.11. The van der Waals surface area contributed by atoms with Crippen molar-refractivity contribution in [3.05, 3.63) is 0 Å². The lowest BCUT2D eigenvalue weighted by Crippen LogP contribution is -2.51. The molecule has 6 heteroatoms. The van der Waals surface area contributed by atoms with Crippen molar-refractivity contribution >= 4 is 21.8 Å². The highest BCUT2D eigenvalue weighted by Gasteiger charge is 2.36. The summed E-state index contributed by atoms with van der Waals surface area (Å²) in [5.41, 5.74) is 0. The van der Waals surface area contributed by atoms with Crippen LogP contribution < -0.4 is 0 Å². The first-order valence-corrected chi connectivity index (χ1v) is 9.42. The highest BCUT2D eigenvalue weighted by Crippen LogP contribution is 2.26. The Hall–Kier alpha value is 0.160. The first kappa shape index (κ1) is 15.5. The van der Waals surface area contributed by atoms with Gasteiger partial charge >= 0.3 is 0 Å². The number of hydrogen-bond acceptors (Lipinski definition) is 2. The second-order valence-electron chi connectivity index (χ2n) is 5.56. The SMILES string of the molecule is O=S(=O)(N1CCCCCC1)N1CCCCC1CCCl. The quantitative estimate of drug-likeness (QED) is 0.749. The average Bonchev–Trinajstić information content (AvgIpc) is 2.69. The van der Waals surface area contributed by atoms with E-state index in [0.717, 1.165) is 51.4 Å². The fraction of sp³-hybridized carbons (Fsp3) is 1.00. The molecule has 0 aromatic carbocycles. The summed E-state index contributed by atoms with van der Waals surface area (Å²) in [6.45, 7) is 2.04. The fourth-order valence-electron chi connectivity index (χ4n) is 3.11. The first-order valence-electron chi connectivity index (χ1n) is 7.49. The van der Waals surface area contributed by atoms with Gasteiger partial charge in [-0.1, -0.05) is 19.3 Å². The Bertz CT molecular complexity index is 365. The van der Waals surface area contributed by atoms with Crippen molar-refractivity contribution in [1.29, 1.82) is 0 Å². The van der Waals surface area contributed by atoms with Crippen LogP contribution in [0.1, 0.15) is 51.4 Å². The van der Waals surface area contributed by atoms with Crippen LogP contribution in [0.15, 0.2) is 0 Å². The summed E-state index contributed by atoms with van der Waals surface area (Å²) in [5.74, 6) is 0.538. The van der Waals surface area contributed by atoms with E-state index in [1.807, 2.05) is 0 Å². The van der Waals surface area contributed by atoms with Crippen LogP contribution in [0.5, 0.6) is 0 Å². The van der Waals surface area contributed by atoms with Crippen LogP contribution in [-0.2, 0) is 10.2 Å². The Morgan fingerprint density at radius 1 is 0.947 bits per heavy atom. The molecule has 0 radical (unpaired) electrons. The Labute approximate surface area is 122 Å². The second-order valence-corrected chi connectivity index (χ2v) is 7.82. The van der Waals surface area contributed by atoms with E-state index in [2.05, 4.69) is 0 Å². The van der Waals surface area contributed by atoms with Crippen molar-refractivity contribution < 1.29 is 8.42 Å². The molecule has 1 atom stereocenters. The molecule has 19 heavy (non-hydrogen) atoms. The van der Waals surface area contributed by atoms with Crippen molar-refractivity contribution in [3.8, 4) is 0 Å². The second kappa shape index (κ2) is 7.25. The highest BCUT2D eigenvalue weighted by atomic mass is 35.5. The van der Waals surface area contributed by atoms with E-state index in [4.69, 9.17) is 11.6 Å². The molecular weight excluding hydrogens is 284 g/mol. The van der Waals surface area contributed by atoms with Crippen molar-refractivity contribution in [3.63, 3.8) is 0 Å². The normalized spacial score (nSPS) is 28.2. The molecule has 2 rings (SSSR count). The molecule has 0 N–H and O–H groups in total. The van der Waals surface area contributed by atoms with Gasteiger partial charge < -0.3 is 0 Å². The number of hydrogen-bond donors (Lipinski definition) is 0. The van der Waals surface area contributed by atoms with Crippen LogP contribution in [-0.4, -0.2) is 48.6 Å². The minimum Gasteiger partial charge on any atom is -0.195 e. The molecule has 0 aliphatic carbocycles. The number of piperidine rings is 1. The van der Waals surface area contributed by atoms with Crippen LogP contribution >= 0.6 is 11.6 Å². The third-order valence-corrected chi connectivity index (χ3v) is 6.51. The van der Waals surface area contributed by atoms with Gasteiger partial charge in [0.2, 0.25) is 0 Å². The Morgan fingerprint density at radius 3 is 2.21 bits per heavy atom. The van der Waals surface area contributed by atoms with Crippen molar-refractivity contribution in [2.45, 2.75) is 57.4 Å². The summed E-state index contributed by atoms with van der Waals surface area (Å²) in [7, 11) is -3.27. The minimum absolute atomic E-state index is 0.111. The molecule has 2 aliphatic rings. The standard InChI is InChI=1S/C13H25ClN2O2S/c14-9-8-13-7-3-6-12-16(13)19(17,18)15-10-4-1-2-5-11-15/h13H,1-12H2. The van der Waals surface area contributed by atoms with E-state index in [-0.39, 0.29) is 6.04 Å². The van der Waals surface area contributed by atoms with Gasteiger partial charge in [-0.15, -0.1) is 11.6 Å². The van der Waals surface area contributed by atoms with E-state index in [9.17, 15) is 8.42 Å². The number of halogens is 1. The largest absolute Gasteiger partial charge is 0.282 e. The summed E-state index contributed by atoms with van der Waals surface area (Å²) < 4.78 is 29.0. The zero-order valence-electron chi connectivity index (χ0n) is 11.6. The number of rotatable bonds is 4. The van der Waals surface area contributed by atoms with Crippen molar-refractivity contribution in [1.82, 2.24) is 8.61 Å². The summed E-state index contributed by atoms with van der Waals surface area (Å²) >= 11 is 5.83. The fourth-order valence-corrected chi connectivity index (χ4v) is 5.33. The van der Waals surface area contributed by atoms with Crippen LogP contribution in [0.25, 0.3) is 0 Å². The molecule has 2 aliphatic heterocycles. The lowest BCUT2D eigenvalue weighted by molar-refractivity contribution is 0.227. The van der Waals surface area contributed by atoms with Gasteiger partial charge in [0.15, 0.2) is 0 Å². The Balaban J connectivity index is 2.11. The third-order valence-electron chi connectivity index (χ3n) is 4.20. The minimum atomic E-state index is -3.27. The topological polar surface area (TPSA) is 40.6 Å². The molecule has 0 aromatic heterocycles. The maximum Gasteiger partial charge on any atom is 0.282 e. The molecule has 0 saturated carbocycles. The Kier molecular flexibility index (Phi) is 5.93. The summed E-state index contributed by atoms with van der Waals surface area (Å²) in [6, 6.07) is 0.111. The molecule has 0 spiro atoms. The average molecular weight is 309 g/mol. The van der Waals surface area contributed by atoms with Gasteiger partial charge in [-0.3, -0.25) is 0 Å². The molecular formula is C13H25ClN2O2S. The van der Waals surface area contributed by atoms with Gasteiger partial charge in [-0.05, 0) is 32.1 Å². The molecule has 0 amide bonds. The third kappa shape index (κ3) is 3.84. The van der Waals surface area contributed by atoms with E-state index in [0.29, 0.717) is 25.5 Å². The van der Waals surface area contributed by atoms with Gasteiger partial charge in [0.1, 0.15) is 0 Å². The van der Waals surface area contributed by atoms with Gasteiger partial charge in [-0.25, -0.2) is 0 Å². The van der Waals surface area contributed by atoms with E-state index >= 15 is 0 Å². The van der Waals surface area contributed by atoms with Gasteiger partial charge in [-0.2, -0.15) is 17.0 Å².